The summed E-state index contributed by atoms with van der Waals surface area (Å²) in [6, 6.07) is 4.78. The van der Waals surface area contributed by atoms with E-state index in [2.05, 4.69) is 5.32 Å². The molecule has 0 bridgehead atoms. The third kappa shape index (κ3) is 6.18. The minimum absolute atomic E-state index is 0.00381. The Morgan fingerprint density at radius 3 is 2.53 bits per heavy atom. The van der Waals surface area contributed by atoms with Crippen molar-refractivity contribution in [1.29, 1.82) is 0 Å². The average molecular weight is 538 g/mol. The Balaban J connectivity index is 1.51. The fourth-order valence-corrected chi connectivity index (χ4v) is 4.90. The minimum Gasteiger partial charge on any atom is -0.484 e. The molecule has 0 saturated carbocycles. The van der Waals surface area contributed by atoms with Gasteiger partial charge in [0.2, 0.25) is 5.91 Å². The van der Waals surface area contributed by atoms with Crippen molar-refractivity contribution >= 4 is 16.9 Å². The van der Waals surface area contributed by atoms with E-state index in [1.165, 1.54) is 6.07 Å². The van der Waals surface area contributed by atoms with Crippen molar-refractivity contribution in [2.24, 2.45) is 5.92 Å². The molecule has 1 aromatic heterocycles. The van der Waals surface area contributed by atoms with Gasteiger partial charge in [-0.25, -0.2) is 9.78 Å². The number of fused-ring (bicyclic) bond motifs is 2. The summed E-state index contributed by atoms with van der Waals surface area (Å²) in [5.41, 5.74) is -0.0163. The van der Waals surface area contributed by atoms with Crippen molar-refractivity contribution in [2.45, 2.75) is 75.7 Å². The third-order valence-electron chi connectivity index (χ3n) is 7.32. The first-order chi connectivity index (χ1) is 18.0. The number of aliphatic hydroxyl groups is 5. The number of carbonyl (C=O) groups excluding carboxylic acids is 1. The molecule has 0 unspecified atom stereocenters. The lowest BCUT2D eigenvalue weighted by Crippen LogP contribution is -2.51. The van der Waals surface area contributed by atoms with Gasteiger partial charge in [-0.15, -0.1) is 0 Å². The summed E-state index contributed by atoms with van der Waals surface area (Å²) in [6.07, 6.45) is -5.66. The van der Waals surface area contributed by atoms with Crippen LogP contribution in [0.1, 0.15) is 37.5 Å². The first-order valence-electron chi connectivity index (χ1n) is 12.6. The highest BCUT2D eigenvalue weighted by atomic mass is 17.2. The molecule has 1 fully saturated rings. The SMILES string of the molecule is Cc1cc(=O)c2cc3c(cc2o1)O[C@](C)(CC[C@H]1CNC(=O)C1)[C@H](OOC[C@H](O)[C@@H](O)[C@H](O)[C@H](O)CO)C3. The summed E-state index contributed by atoms with van der Waals surface area (Å²) < 4.78 is 12.1. The number of nitrogens with one attached hydrogen (secondary N) is 1. The topological polar surface area (TPSA) is 188 Å². The van der Waals surface area contributed by atoms with E-state index in [1.54, 1.807) is 19.1 Å². The number of benzene rings is 1. The van der Waals surface area contributed by atoms with Crippen molar-refractivity contribution in [3.8, 4) is 5.75 Å². The molecule has 2 aliphatic heterocycles. The van der Waals surface area contributed by atoms with E-state index < -0.39 is 49.3 Å². The Hall–Kier alpha value is -2.58. The molecule has 0 radical (unpaired) electrons. The van der Waals surface area contributed by atoms with E-state index in [4.69, 9.17) is 24.0 Å². The fourth-order valence-electron chi connectivity index (χ4n) is 4.90. The van der Waals surface area contributed by atoms with Crippen molar-refractivity contribution in [3.63, 3.8) is 0 Å². The van der Waals surface area contributed by atoms with Gasteiger partial charge < -0.3 is 40.0 Å². The van der Waals surface area contributed by atoms with Gasteiger partial charge >= 0.3 is 0 Å². The Kier molecular flexibility index (Phi) is 8.72. The van der Waals surface area contributed by atoms with E-state index in [0.29, 0.717) is 60.3 Å². The number of carbonyl (C=O) groups is 1. The molecule has 210 valence electrons. The minimum atomic E-state index is -1.79. The Labute approximate surface area is 218 Å². The molecule has 1 saturated heterocycles. The molecule has 3 heterocycles. The molecule has 7 atom stereocenters. The zero-order chi connectivity index (χ0) is 27.6. The molecule has 2 aliphatic rings. The van der Waals surface area contributed by atoms with Gasteiger partial charge in [-0.2, -0.15) is 0 Å². The Morgan fingerprint density at radius 2 is 1.84 bits per heavy atom. The lowest BCUT2D eigenvalue weighted by molar-refractivity contribution is -0.360. The monoisotopic (exact) mass is 537 g/mol. The first-order valence-corrected chi connectivity index (χ1v) is 12.6. The van der Waals surface area contributed by atoms with E-state index in [-0.39, 0.29) is 17.3 Å². The molecular weight excluding hydrogens is 502 g/mol. The maximum Gasteiger partial charge on any atom is 0.220 e. The molecule has 0 aliphatic carbocycles. The summed E-state index contributed by atoms with van der Waals surface area (Å²) in [5, 5.41) is 51.7. The van der Waals surface area contributed by atoms with Crippen molar-refractivity contribution in [2.75, 3.05) is 19.8 Å². The largest absolute Gasteiger partial charge is 0.484 e. The van der Waals surface area contributed by atoms with E-state index >= 15 is 0 Å². The second kappa shape index (κ2) is 11.7. The highest BCUT2D eigenvalue weighted by Crippen LogP contribution is 2.40. The number of rotatable bonds is 11. The second-order valence-electron chi connectivity index (χ2n) is 10.4. The predicted molar refractivity (Wildman–Crippen MR) is 132 cm³/mol. The Bertz CT molecular complexity index is 1200. The molecule has 6 N–H and O–H groups in total. The lowest BCUT2D eigenvalue weighted by Gasteiger charge is -2.42. The molecule has 1 aromatic carbocycles. The van der Waals surface area contributed by atoms with Crippen LogP contribution in [0.4, 0.5) is 0 Å². The molecule has 0 spiro atoms. The number of amides is 1. The van der Waals surface area contributed by atoms with Gasteiger partial charge in [-0.3, -0.25) is 9.59 Å². The van der Waals surface area contributed by atoms with Gasteiger partial charge in [-0.1, -0.05) is 0 Å². The molecule has 12 heteroatoms. The Morgan fingerprint density at radius 1 is 1.11 bits per heavy atom. The zero-order valence-corrected chi connectivity index (χ0v) is 21.3. The van der Waals surface area contributed by atoms with Gasteiger partial charge in [0.15, 0.2) is 5.43 Å². The molecular formula is C26H35NO11. The van der Waals surface area contributed by atoms with Crippen LogP contribution in [0.25, 0.3) is 11.0 Å². The van der Waals surface area contributed by atoms with Crippen LogP contribution in [0.2, 0.25) is 0 Å². The average Bonchev–Trinajstić information content (AvgIpc) is 3.30. The third-order valence-corrected chi connectivity index (χ3v) is 7.32. The molecule has 1 amide bonds. The maximum atomic E-state index is 12.5. The van der Waals surface area contributed by atoms with Crippen LogP contribution >= 0.6 is 0 Å². The highest BCUT2D eigenvalue weighted by Gasteiger charge is 2.44. The van der Waals surface area contributed by atoms with E-state index in [9.17, 15) is 30.0 Å². The van der Waals surface area contributed by atoms with Crippen LogP contribution in [-0.4, -0.2) is 87.3 Å². The van der Waals surface area contributed by atoms with Crippen LogP contribution in [0.5, 0.6) is 5.75 Å². The lowest BCUT2D eigenvalue weighted by atomic mass is 9.83. The van der Waals surface area contributed by atoms with Crippen molar-refractivity contribution in [3.05, 3.63) is 39.7 Å². The van der Waals surface area contributed by atoms with Gasteiger partial charge in [0.25, 0.3) is 0 Å². The summed E-state index contributed by atoms with van der Waals surface area (Å²) in [7, 11) is 0. The standard InChI is InChI=1S/C26H35NO11/c1-13-5-17(29)16-7-15-8-22(38-35-12-19(31)25(34)24(33)18(30)11-28)26(2,37-20(15)9-21(16)36-13)4-3-14-6-23(32)27-10-14/h5,7,9,14,18-19,22,24-25,28,30-31,33-34H,3-4,6,8,10-12H2,1-2H3,(H,27,32)/t14-,18-,19+,22-,24-,25-,26-/m1/s1. The van der Waals surface area contributed by atoms with Crippen LogP contribution in [-0.2, 0) is 21.0 Å². The van der Waals surface area contributed by atoms with Gasteiger partial charge in [0.1, 0.15) is 59.8 Å². The smallest absolute Gasteiger partial charge is 0.220 e. The molecule has 12 nitrogen and oxygen atoms in total. The number of ether oxygens (including phenoxy) is 1. The first kappa shape index (κ1) is 28.4. The number of aliphatic hydroxyl groups excluding tert-OH is 5. The number of hydrogen-bond donors (Lipinski definition) is 6. The maximum absolute atomic E-state index is 12.5. The number of hydrogen-bond acceptors (Lipinski definition) is 11. The van der Waals surface area contributed by atoms with Crippen molar-refractivity contribution in [1.82, 2.24) is 5.32 Å². The summed E-state index contributed by atoms with van der Waals surface area (Å²) in [6.45, 7) is 2.77. The summed E-state index contributed by atoms with van der Waals surface area (Å²) in [4.78, 5) is 35.1. The fraction of sp³-hybridized carbons (Fsp3) is 0.615. The summed E-state index contributed by atoms with van der Waals surface area (Å²) in [5.74, 6) is 1.15. The number of aryl methyl sites for hydroxylation is 1. The van der Waals surface area contributed by atoms with Gasteiger partial charge in [-0.05, 0) is 44.2 Å². The van der Waals surface area contributed by atoms with Crippen LogP contribution < -0.4 is 15.5 Å². The van der Waals surface area contributed by atoms with Crippen LogP contribution in [0, 0.1) is 12.8 Å². The van der Waals surface area contributed by atoms with Crippen LogP contribution in [0.15, 0.2) is 27.4 Å². The summed E-state index contributed by atoms with van der Waals surface area (Å²) >= 11 is 0. The zero-order valence-electron chi connectivity index (χ0n) is 21.3. The second-order valence-corrected chi connectivity index (χ2v) is 10.4. The molecule has 2 aromatic rings. The van der Waals surface area contributed by atoms with Gasteiger partial charge in [0.05, 0.1) is 12.0 Å². The van der Waals surface area contributed by atoms with E-state index in [0.717, 1.165) is 0 Å². The van der Waals surface area contributed by atoms with Crippen LogP contribution in [0.3, 0.4) is 0 Å². The van der Waals surface area contributed by atoms with Crippen molar-refractivity contribution < 1.29 is 49.3 Å². The molecule has 4 rings (SSSR count). The highest BCUT2D eigenvalue weighted by molar-refractivity contribution is 5.80. The van der Waals surface area contributed by atoms with Gasteiger partial charge in [0, 0.05) is 31.5 Å². The molecule has 38 heavy (non-hydrogen) atoms. The predicted octanol–water partition coefficient (Wildman–Crippen LogP) is -0.536. The normalized spacial score (nSPS) is 26.3. The van der Waals surface area contributed by atoms with E-state index in [1.807, 2.05) is 6.92 Å². The quantitative estimate of drug-likeness (QED) is 0.160.